The molecule has 27 nitrogen and oxygen atoms in total. The summed E-state index contributed by atoms with van der Waals surface area (Å²) < 4.78 is 97.7. The van der Waals surface area contributed by atoms with E-state index in [1.54, 1.807) is 0 Å². The summed E-state index contributed by atoms with van der Waals surface area (Å²) in [6.45, 7) is 0. The Morgan fingerprint density at radius 3 is 1.06 bits per heavy atom. The molecule has 0 atom stereocenters. The van der Waals surface area contributed by atoms with Crippen LogP contribution < -0.4 is 174 Å². The van der Waals surface area contributed by atoms with Gasteiger partial charge in [0.2, 0.25) is 11.6 Å². The number of nitrogens with one attached hydrogen (secondary N) is 5. The minimum absolute atomic E-state index is 0. The Kier molecular flexibility index (Phi) is 24.1. The number of aliphatic carboxylic acids is 2. The molecular formula is C50H35N9Na4O18S2. The number of carbonyl (C=O) groups is 6. The van der Waals surface area contributed by atoms with Gasteiger partial charge in [-0.2, -0.15) is 20.4 Å². The molecule has 0 heterocycles. The Morgan fingerprint density at radius 1 is 0.458 bits per heavy atom. The van der Waals surface area contributed by atoms with Gasteiger partial charge in [-0.15, -0.1) is 0 Å². The predicted octanol–water partition coefficient (Wildman–Crippen LogP) is -10.3. The fourth-order valence-corrected chi connectivity index (χ4v) is 9.00. The first kappa shape index (κ1) is 69.1. The molecule has 0 bridgehead atoms. The van der Waals surface area contributed by atoms with Gasteiger partial charge in [0, 0.05) is 57.9 Å². The average Bonchev–Trinajstić information content (AvgIpc) is 3.57. The van der Waals surface area contributed by atoms with Crippen LogP contribution in [0.2, 0.25) is 0 Å². The SMILES string of the molecule is COc1cc(N/N=C2\C(=O)c3ccc(Nc4ccc5c(c4)C=C(S(=O)(=O)[O-])/C(=N\Nc4cc(OC)c(N/N=C6\C=CC(=O)C(C(=O)[O-])=C6)cc4OC)C5=O)cc3C=C2S(=O)(=O)[O-])c(OC)cc1N/N=C1/C=CC(=O)C(C(=O)[O-])=C1.[Na+].[Na+].[Na+].[Na+]. The Morgan fingerprint density at radius 2 is 0.771 bits per heavy atom. The van der Waals surface area contributed by atoms with Crippen molar-refractivity contribution >= 4 is 124 Å². The third-order valence-corrected chi connectivity index (χ3v) is 13.2. The van der Waals surface area contributed by atoms with Gasteiger partial charge in [0.25, 0.3) is 0 Å². The summed E-state index contributed by atoms with van der Waals surface area (Å²) in [5.41, 5.74) is 8.14. The number of rotatable bonds is 18. The van der Waals surface area contributed by atoms with Crippen LogP contribution in [0, 0.1) is 0 Å². The van der Waals surface area contributed by atoms with Gasteiger partial charge in [-0.25, -0.2) is 16.8 Å². The number of carboxylic acid groups (broad SMARTS) is 2. The third kappa shape index (κ3) is 15.7. The summed E-state index contributed by atoms with van der Waals surface area (Å²) in [5.74, 6) is -6.74. The van der Waals surface area contributed by atoms with Crippen LogP contribution in [0.15, 0.2) is 138 Å². The van der Waals surface area contributed by atoms with Crippen molar-refractivity contribution in [1.29, 1.82) is 0 Å². The Hall–Kier alpha value is -6.36. The Balaban J connectivity index is 0.00000370. The molecule has 0 aromatic heterocycles. The second-order valence-electron chi connectivity index (χ2n) is 16.3. The molecule has 0 radical (unpaired) electrons. The average molecular weight is 1210 g/mol. The van der Waals surface area contributed by atoms with Crippen LogP contribution in [0.25, 0.3) is 12.2 Å². The molecule has 404 valence electrons. The van der Waals surface area contributed by atoms with Gasteiger partial charge in [-0.05, 0) is 96.1 Å². The fraction of sp³-hybridized carbons (Fsp3) is 0.0800. The van der Waals surface area contributed by atoms with Crippen molar-refractivity contribution in [2.24, 2.45) is 20.4 Å². The van der Waals surface area contributed by atoms with E-state index in [1.807, 2.05) is 0 Å². The van der Waals surface area contributed by atoms with Gasteiger partial charge >= 0.3 is 118 Å². The second-order valence-corrected chi connectivity index (χ2v) is 19.0. The molecule has 5 N–H and O–H groups in total. The number of ether oxygens (including phenoxy) is 4. The van der Waals surface area contributed by atoms with Crippen LogP contribution in [-0.4, -0.2) is 112 Å². The van der Waals surface area contributed by atoms with E-state index in [9.17, 15) is 64.9 Å². The molecule has 0 spiro atoms. The molecule has 0 aliphatic heterocycles. The first-order chi connectivity index (χ1) is 37.5. The normalized spacial score (nSPS) is 16.2. The molecule has 4 aromatic rings. The molecule has 8 rings (SSSR count). The van der Waals surface area contributed by atoms with E-state index in [2.05, 4.69) is 47.4 Å². The van der Waals surface area contributed by atoms with Crippen molar-refractivity contribution < 1.29 is 202 Å². The first-order valence-electron chi connectivity index (χ1n) is 22.2. The standard InChI is InChI=1S/C50H39N9O18S2.4Na/c1-74-39-21-35(41(76-3)19-33(39)54-52-27-7-11-37(60)31(17-27)49(64)65)56-58-45-43(78(68,69)70)15-23-13-25(5-9-29(23)47(45)62)51-26-6-10-30-24(14-26)16-44(79(71,72)73)46(48(30)63)59-57-36-22-40(75-2)34(20-42(36)77-4)55-53-28-8-12-38(61)32(18-28)50(66)67;;;;/h5-22,51,54-57H,1-4H3,(H,64,65)(H,66,67)(H,68,69,70)(H,71,72,73);;;;/q;4*+1/p-4/b52-27-,53-28+,58-45-,59-46+;;;;. The summed E-state index contributed by atoms with van der Waals surface area (Å²) in [6, 6.07) is 13.4. The second kappa shape index (κ2) is 29.0. The fourth-order valence-electron chi connectivity index (χ4n) is 7.71. The first-order valence-corrected chi connectivity index (χ1v) is 25.0. The summed E-state index contributed by atoms with van der Waals surface area (Å²) >= 11 is 0. The Labute approximate surface area is 559 Å². The largest absolute Gasteiger partial charge is 1.00 e. The number of carboxylic acids is 2. The molecule has 4 aromatic carbocycles. The van der Waals surface area contributed by atoms with Gasteiger partial charge in [-0.1, -0.05) is 0 Å². The van der Waals surface area contributed by atoms with Crippen LogP contribution in [0.4, 0.5) is 34.1 Å². The van der Waals surface area contributed by atoms with Crippen molar-refractivity contribution in [3.05, 3.63) is 140 Å². The van der Waals surface area contributed by atoms with Gasteiger partial charge in [0.1, 0.15) is 77.4 Å². The van der Waals surface area contributed by atoms with Crippen LogP contribution in [-0.2, 0) is 39.4 Å². The molecule has 33 heteroatoms. The minimum atomic E-state index is -5.40. The number of anilines is 6. The van der Waals surface area contributed by atoms with Crippen LogP contribution >= 0.6 is 0 Å². The van der Waals surface area contributed by atoms with E-state index in [0.29, 0.717) is 0 Å². The topological polar surface area (TPSA) is 409 Å². The molecule has 0 saturated carbocycles. The number of carbonyl (C=O) groups excluding carboxylic acids is 6. The van der Waals surface area contributed by atoms with E-state index >= 15 is 0 Å². The number of hydrazone groups is 4. The number of hydrogen-bond acceptors (Lipinski definition) is 27. The number of ketones is 4. The zero-order valence-electron chi connectivity index (χ0n) is 44.8. The summed E-state index contributed by atoms with van der Waals surface area (Å²) in [7, 11) is -5.69. The predicted molar refractivity (Wildman–Crippen MR) is 278 cm³/mol. The van der Waals surface area contributed by atoms with Crippen molar-refractivity contribution in [3.8, 4) is 23.0 Å². The monoisotopic (exact) mass is 1210 g/mol. The van der Waals surface area contributed by atoms with E-state index in [4.69, 9.17) is 18.9 Å². The third-order valence-electron chi connectivity index (χ3n) is 11.5. The minimum Gasteiger partial charge on any atom is -0.744 e. The molecule has 4 aliphatic carbocycles. The molecule has 4 aliphatic rings. The molecule has 0 saturated heterocycles. The number of benzene rings is 4. The zero-order valence-corrected chi connectivity index (χ0v) is 54.5. The van der Waals surface area contributed by atoms with Crippen LogP contribution in [0.5, 0.6) is 23.0 Å². The molecule has 0 amide bonds. The van der Waals surface area contributed by atoms with Gasteiger partial charge in [-0.3, -0.25) is 40.9 Å². The van der Waals surface area contributed by atoms with Crippen LogP contribution in [0.1, 0.15) is 31.8 Å². The Bertz CT molecular complexity index is 3730. The van der Waals surface area contributed by atoms with Crippen molar-refractivity contribution in [3.63, 3.8) is 0 Å². The summed E-state index contributed by atoms with van der Waals surface area (Å²) in [4.78, 5) is 72.1. The van der Waals surface area contributed by atoms with Crippen molar-refractivity contribution in [1.82, 2.24) is 0 Å². The van der Waals surface area contributed by atoms with Gasteiger partial charge < -0.3 is 53.2 Å². The van der Waals surface area contributed by atoms with E-state index in [0.717, 1.165) is 36.5 Å². The number of allylic oxidation sites excluding steroid dienone is 8. The maximum absolute atomic E-state index is 13.9. The number of nitrogens with zero attached hydrogens (tertiary/aromatic N) is 4. The quantitative estimate of drug-likeness (QED) is 0.0203. The van der Waals surface area contributed by atoms with Crippen molar-refractivity contribution in [2.75, 3.05) is 55.5 Å². The molecule has 0 fully saturated rings. The maximum atomic E-state index is 13.9. The summed E-state index contributed by atoms with van der Waals surface area (Å²) in [6.07, 6.45) is 8.33. The van der Waals surface area contributed by atoms with Crippen LogP contribution in [0.3, 0.4) is 0 Å². The maximum Gasteiger partial charge on any atom is 1.00 e. The van der Waals surface area contributed by atoms with Crippen molar-refractivity contribution in [2.45, 2.75) is 0 Å². The number of fused-ring (bicyclic) bond motifs is 2. The van der Waals surface area contributed by atoms with E-state index < -0.39 is 87.7 Å². The smallest absolute Gasteiger partial charge is 0.744 e. The van der Waals surface area contributed by atoms with Gasteiger partial charge in [0.15, 0.2) is 11.6 Å². The van der Waals surface area contributed by atoms with Gasteiger partial charge in [0.05, 0.1) is 61.6 Å². The summed E-state index contributed by atoms with van der Waals surface area (Å²) in [5, 5.41) is 41.7. The number of hydrogen-bond donors (Lipinski definition) is 5. The zero-order chi connectivity index (χ0) is 57.1. The number of Topliss-reactive ketones (excluding diaryl/α,β-unsaturated/α-hetero) is 2. The van der Waals surface area contributed by atoms with E-state index in [-0.39, 0.29) is 209 Å². The molecule has 83 heavy (non-hydrogen) atoms. The number of methoxy groups -OCH3 is 4. The molecular weight excluding hydrogens is 1170 g/mol. The molecule has 0 unspecified atom stereocenters. The van der Waals surface area contributed by atoms with E-state index in [1.165, 1.54) is 101 Å².